The normalized spacial score (nSPS) is 11.4. The van der Waals surface area contributed by atoms with Gasteiger partial charge < -0.3 is 9.47 Å². The summed E-state index contributed by atoms with van der Waals surface area (Å²) in [6, 6.07) is 20.1. The standard InChI is InChI=1S/C23H20FNO4/c1-15(22(26)28-2)16-11-12-20(21(24)14-16)17-7-6-10-19(13-17)29-23(27)25-18-8-4-3-5-9-18/h3-15H,1-2H3,(H,25,27). The highest BCUT2D eigenvalue weighted by Crippen LogP contribution is 2.29. The van der Waals surface area contributed by atoms with Gasteiger partial charge >= 0.3 is 12.1 Å². The Morgan fingerprint density at radius 2 is 1.72 bits per heavy atom. The van der Waals surface area contributed by atoms with Gasteiger partial charge in [-0.05, 0) is 48.4 Å². The van der Waals surface area contributed by atoms with Gasteiger partial charge in [-0.25, -0.2) is 9.18 Å². The van der Waals surface area contributed by atoms with E-state index in [9.17, 15) is 14.0 Å². The molecular formula is C23H20FNO4. The second-order valence-corrected chi connectivity index (χ2v) is 6.39. The first-order valence-electron chi connectivity index (χ1n) is 8.99. The van der Waals surface area contributed by atoms with Crippen molar-refractivity contribution >= 4 is 17.7 Å². The molecule has 3 rings (SSSR count). The largest absolute Gasteiger partial charge is 0.469 e. The van der Waals surface area contributed by atoms with Crippen LogP contribution >= 0.6 is 0 Å². The van der Waals surface area contributed by atoms with Crippen LogP contribution in [0.4, 0.5) is 14.9 Å². The van der Waals surface area contributed by atoms with E-state index in [1.807, 2.05) is 6.07 Å². The van der Waals surface area contributed by atoms with Crippen molar-refractivity contribution < 1.29 is 23.5 Å². The van der Waals surface area contributed by atoms with Crippen molar-refractivity contribution in [2.24, 2.45) is 0 Å². The fourth-order valence-electron chi connectivity index (χ4n) is 2.85. The molecule has 148 valence electrons. The molecule has 1 atom stereocenters. The van der Waals surface area contributed by atoms with E-state index in [1.54, 1.807) is 67.6 Å². The van der Waals surface area contributed by atoms with Crippen molar-refractivity contribution in [1.82, 2.24) is 0 Å². The van der Waals surface area contributed by atoms with Crippen LogP contribution in [0.2, 0.25) is 0 Å². The number of hydrogen-bond acceptors (Lipinski definition) is 4. The first-order valence-corrected chi connectivity index (χ1v) is 8.99. The summed E-state index contributed by atoms with van der Waals surface area (Å²) in [6.07, 6.45) is -0.643. The maximum Gasteiger partial charge on any atom is 0.417 e. The first-order chi connectivity index (χ1) is 14.0. The molecule has 0 aliphatic heterocycles. The Morgan fingerprint density at radius 3 is 2.41 bits per heavy atom. The number of carbonyl (C=O) groups excluding carboxylic acids is 2. The molecule has 1 amide bonds. The fourth-order valence-corrected chi connectivity index (χ4v) is 2.85. The van der Waals surface area contributed by atoms with E-state index in [0.717, 1.165) is 0 Å². The topological polar surface area (TPSA) is 64.6 Å². The maximum absolute atomic E-state index is 14.7. The second kappa shape index (κ2) is 9.01. The Bertz CT molecular complexity index is 1020. The number of amides is 1. The summed E-state index contributed by atoms with van der Waals surface area (Å²) in [6.45, 7) is 1.65. The lowest BCUT2D eigenvalue weighted by molar-refractivity contribution is -0.141. The average molecular weight is 393 g/mol. The second-order valence-electron chi connectivity index (χ2n) is 6.39. The molecule has 0 bridgehead atoms. The molecule has 1 unspecified atom stereocenters. The number of ether oxygens (including phenoxy) is 2. The number of hydrogen-bond donors (Lipinski definition) is 1. The van der Waals surface area contributed by atoms with Gasteiger partial charge in [-0.15, -0.1) is 0 Å². The zero-order valence-electron chi connectivity index (χ0n) is 16.0. The maximum atomic E-state index is 14.7. The lowest BCUT2D eigenvalue weighted by Gasteiger charge is -2.12. The van der Waals surface area contributed by atoms with Crippen LogP contribution in [0.25, 0.3) is 11.1 Å². The minimum atomic E-state index is -0.643. The van der Waals surface area contributed by atoms with E-state index in [1.165, 1.54) is 13.2 Å². The first kappa shape index (κ1) is 20.1. The van der Waals surface area contributed by atoms with Gasteiger partial charge in [0.2, 0.25) is 0 Å². The van der Waals surface area contributed by atoms with Crippen LogP contribution in [0.3, 0.4) is 0 Å². The number of benzene rings is 3. The predicted molar refractivity (Wildman–Crippen MR) is 108 cm³/mol. The molecule has 0 fully saturated rings. The molecule has 0 radical (unpaired) electrons. The van der Waals surface area contributed by atoms with Crippen molar-refractivity contribution in [1.29, 1.82) is 0 Å². The van der Waals surface area contributed by atoms with Crippen molar-refractivity contribution in [3.8, 4) is 16.9 Å². The molecule has 0 aromatic heterocycles. The van der Waals surface area contributed by atoms with Crippen molar-refractivity contribution in [2.75, 3.05) is 12.4 Å². The molecule has 0 heterocycles. The van der Waals surface area contributed by atoms with Crippen LogP contribution in [-0.4, -0.2) is 19.2 Å². The number of anilines is 1. The van der Waals surface area contributed by atoms with Crippen molar-refractivity contribution in [3.05, 3.63) is 84.2 Å². The zero-order chi connectivity index (χ0) is 20.8. The molecule has 3 aromatic carbocycles. The number of rotatable bonds is 5. The quantitative estimate of drug-likeness (QED) is 0.591. The van der Waals surface area contributed by atoms with Crippen LogP contribution in [0.5, 0.6) is 5.75 Å². The number of halogens is 1. The van der Waals surface area contributed by atoms with Gasteiger partial charge in [-0.2, -0.15) is 0 Å². The lowest BCUT2D eigenvalue weighted by Crippen LogP contribution is -2.16. The van der Waals surface area contributed by atoms with Crippen LogP contribution in [0, 0.1) is 5.82 Å². The Balaban J connectivity index is 1.77. The Morgan fingerprint density at radius 1 is 0.966 bits per heavy atom. The summed E-state index contributed by atoms with van der Waals surface area (Å²) >= 11 is 0. The van der Waals surface area contributed by atoms with Gasteiger partial charge in [0.15, 0.2) is 0 Å². The highest BCUT2D eigenvalue weighted by atomic mass is 19.1. The number of nitrogens with one attached hydrogen (secondary N) is 1. The van der Waals surface area contributed by atoms with E-state index in [2.05, 4.69) is 5.32 Å². The number of esters is 1. The summed E-state index contributed by atoms with van der Waals surface area (Å²) in [5, 5.41) is 2.62. The van der Waals surface area contributed by atoms with Crippen LogP contribution in [-0.2, 0) is 9.53 Å². The molecule has 0 spiro atoms. The summed E-state index contributed by atoms with van der Waals surface area (Å²) < 4.78 is 24.7. The van der Waals surface area contributed by atoms with Gasteiger partial charge in [-0.3, -0.25) is 10.1 Å². The molecule has 29 heavy (non-hydrogen) atoms. The molecule has 5 nitrogen and oxygen atoms in total. The minimum absolute atomic E-state index is 0.280. The van der Waals surface area contributed by atoms with E-state index >= 15 is 0 Å². The molecule has 0 aliphatic carbocycles. The zero-order valence-corrected chi connectivity index (χ0v) is 16.0. The highest BCUT2D eigenvalue weighted by Gasteiger charge is 2.18. The summed E-state index contributed by atoms with van der Waals surface area (Å²) in [5.41, 5.74) is 2.01. The van der Waals surface area contributed by atoms with Crippen LogP contribution in [0.15, 0.2) is 72.8 Å². The third-order valence-electron chi connectivity index (χ3n) is 4.42. The Hall–Kier alpha value is -3.67. The van der Waals surface area contributed by atoms with Gasteiger partial charge in [-0.1, -0.05) is 42.5 Å². The summed E-state index contributed by atoms with van der Waals surface area (Å²) in [5.74, 6) is -1.21. The summed E-state index contributed by atoms with van der Waals surface area (Å²) in [7, 11) is 1.29. The Labute approximate surface area is 168 Å². The van der Waals surface area contributed by atoms with Crippen molar-refractivity contribution in [2.45, 2.75) is 12.8 Å². The number of methoxy groups -OCH3 is 1. The molecular weight excluding hydrogens is 373 g/mol. The predicted octanol–water partition coefficient (Wildman–Crippen LogP) is 5.38. The van der Waals surface area contributed by atoms with Crippen LogP contribution < -0.4 is 10.1 Å². The third-order valence-corrected chi connectivity index (χ3v) is 4.42. The van der Waals surface area contributed by atoms with E-state index in [4.69, 9.17) is 9.47 Å². The third kappa shape index (κ3) is 4.99. The smallest absolute Gasteiger partial charge is 0.417 e. The number of carbonyl (C=O) groups is 2. The monoisotopic (exact) mass is 393 g/mol. The molecule has 1 N–H and O–H groups in total. The van der Waals surface area contributed by atoms with Crippen LogP contribution in [0.1, 0.15) is 18.4 Å². The van der Waals surface area contributed by atoms with Crippen molar-refractivity contribution in [3.63, 3.8) is 0 Å². The van der Waals surface area contributed by atoms with E-state index in [-0.39, 0.29) is 5.75 Å². The number of para-hydroxylation sites is 1. The molecule has 0 aliphatic rings. The Kier molecular flexibility index (Phi) is 6.24. The fraction of sp³-hybridized carbons (Fsp3) is 0.130. The minimum Gasteiger partial charge on any atom is -0.469 e. The van der Waals surface area contributed by atoms with Gasteiger partial charge in [0.25, 0.3) is 0 Å². The molecule has 0 saturated carbocycles. The SMILES string of the molecule is COC(=O)C(C)c1ccc(-c2cccc(OC(=O)Nc3ccccc3)c2)c(F)c1. The van der Waals surface area contributed by atoms with E-state index < -0.39 is 23.8 Å². The van der Waals surface area contributed by atoms with Gasteiger partial charge in [0.1, 0.15) is 11.6 Å². The van der Waals surface area contributed by atoms with Gasteiger partial charge in [0.05, 0.1) is 13.0 Å². The molecule has 3 aromatic rings. The highest BCUT2D eigenvalue weighted by molar-refractivity contribution is 5.86. The lowest BCUT2D eigenvalue weighted by atomic mass is 9.97. The average Bonchev–Trinajstić information content (AvgIpc) is 2.73. The van der Waals surface area contributed by atoms with E-state index in [0.29, 0.717) is 22.4 Å². The molecule has 6 heteroatoms. The van der Waals surface area contributed by atoms with Gasteiger partial charge in [0, 0.05) is 11.3 Å². The molecule has 0 saturated heterocycles. The summed E-state index contributed by atoms with van der Waals surface area (Å²) in [4.78, 5) is 23.7.